The van der Waals surface area contributed by atoms with Gasteiger partial charge in [-0.05, 0) is 25.0 Å². The van der Waals surface area contributed by atoms with Crippen molar-refractivity contribution in [1.29, 1.82) is 0 Å². The highest BCUT2D eigenvalue weighted by atomic mass is 32.2. The molecule has 6 heteroatoms. The SMILES string of the molecule is O=C1C[C@H](Sc2ccccc2)C2(OCCO2)[C@H]2ON3CCC[C@@H]3[C@@H]12. The van der Waals surface area contributed by atoms with Crippen LogP contribution in [-0.4, -0.2) is 53.8 Å². The van der Waals surface area contributed by atoms with E-state index in [9.17, 15) is 4.79 Å². The highest BCUT2D eigenvalue weighted by Gasteiger charge is 2.66. The van der Waals surface area contributed by atoms with E-state index in [-0.39, 0.29) is 23.3 Å². The maximum absolute atomic E-state index is 12.9. The van der Waals surface area contributed by atoms with Crippen LogP contribution in [0.1, 0.15) is 19.3 Å². The van der Waals surface area contributed by atoms with E-state index in [4.69, 9.17) is 14.3 Å². The standard InChI is InChI=1S/C18H21NO4S/c20-14-11-15(24-12-5-2-1-3-6-12)18(21-9-10-22-18)17-16(14)13-7-4-8-19(13)23-17/h1-3,5-6,13,15-17H,4,7-11H2/t13-,15+,16+,17+/m1/s1. The first-order valence-electron chi connectivity index (χ1n) is 8.74. The normalized spacial score (nSPS) is 37.8. The second-order valence-electron chi connectivity index (χ2n) is 6.91. The van der Waals surface area contributed by atoms with E-state index >= 15 is 0 Å². The first kappa shape index (κ1) is 15.3. The predicted octanol–water partition coefficient (Wildman–Crippen LogP) is 2.26. The number of hydrogen-bond acceptors (Lipinski definition) is 6. The van der Waals surface area contributed by atoms with Crippen LogP contribution in [0.3, 0.4) is 0 Å². The van der Waals surface area contributed by atoms with E-state index in [1.54, 1.807) is 11.8 Å². The topological polar surface area (TPSA) is 48.0 Å². The molecule has 128 valence electrons. The van der Waals surface area contributed by atoms with Crippen molar-refractivity contribution in [3.8, 4) is 0 Å². The van der Waals surface area contributed by atoms with Crippen molar-refractivity contribution >= 4 is 17.5 Å². The van der Waals surface area contributed by atoms with Crippen LogP contribution in [0, 0.1) is 5.92 Å². The van der Waals surface area contributed by atoms with Gasteiger partial charge in [0.05, 0.1) is 24.4 Å². The van der Waals surface area contributed by atoms with Crippen molar-refractivity contribution in [2.75, 3.05) is 19.8 Å². The summed E-state index contributed by atoms with van der Waals surface area (Å²) in [5.74, 6) is -0.616. The lowest BCUT2D eigenvalue weighted by molar-refractivity contribution is -0.278. The van der Waals surface area contributed by atoms with Gasteiger partial charge >= 0.3 is 0 Å². The number of carbonyl (C=O) groups is 1. The van der Waals surface area contributed by atoms with Gasteiger partial charge in [0, 0.05) is 23.9 Å². The zero-order valence-electron chi connectivity index (χ0n) is 13.4. The van der Waals surface area contributed by atoms with Gasteiger partial charge in [-0.25, -0.2) is 0 Å². The van der Waals surface area contributed by atoms with Crippen LogP contribution in [0.2, 0.25) is 0 Å². The quantitative estimate of drug-likeness (QED) is 0.818. The molecule has 5 nitrogen and oxygen atoms in total. The molecule has 3 saturated heterocycles. The van der Waals surface area contributed by atoms with Crippen LogP contribution in [0.25, 0.3) is 0 Å². The number of fused-ring (bicyclic) bond motifs is 4. The summed E-state index contributed by atoms with van der Waals surface area (Å²) in [4.78, 5) is 20.3. The lowest BCUT2D eigenvalue weighted by Crippen LogP contribution is -2.61. The van der Waals surface area contributed by atoms with Crippen LogP contribution >= 0.6 is 11.8 Å². The third-order valence-electron chi connectivity index (χ3n) is 5.60. The van der Waals surface area contributed by atoms with E-state index in [1.165, 1.54) is 0 Å². The smallest absolute Gasteiger partial charge is 0.210 e. The number of thioether (sulfide) groups is 1. The summed E-state index contributed by atoms with van der Waals surface area (Å²) >= 11 is 1.67. The molecule has 4 fully saturated rings. The Kier molecular flexibility index (Phi) is 3.72. The molecular formula is C18H21NO4S. The summed E-state index contributed by atoms with van der Waals surface area (Å²) in [6.07, 6.45) is 2.29. The minimum Gasteiger partial charge on any atom is -0.344 e. The molecule has 3 aliphatic heterocycles. The zero-order valence-corrected chi connectivity index (χ0v) is 14.2. The molecule has 24 heavy (non-hydrogen) atoms. The van der Waals surface area contributed by atoms with E-state index in [0.29, 0.717) is 25.4 Å². The van der Waals surface area contributed by atoms with Crippen LogP contribution < -0.4 is 0 Å². The summed E-state index contributed by atoms with van der Waals surface area (Å²) in [6, 6.07) is 10.4. The Labute approximate surface area is 145 Å². The van der Waals surface area contributed by atoms with E-state index < -0.39 is 5.79 Å². The Morgan fingerprint density at radius 3 is 2.75 bits per heavy atom. The second-order valence-corrected chi connectivity index (χ2v) is 8.19. The molecule has 0 N–H and O–H groups in total. The lowest BCUT2D eigenvalue weighted by Gasteiger charge is -2.44. The van der Waals surface area contributed by atoms with Crippen molar-refractivity contribution in [2.24, 2.45) is 5.92 Å². The first-order chi connectivity index (χ1) is 11.8. The monoisotopic (exact) mass is 347 g/mol. The van der Waals surface area contributed by atoms with Gasteiger partial charge in [-0.15, -0.1) is 11.8 Å². The van der Waals surface area contributed by atoms with Gasteiger partial charge in [0.1, 0.15) is 11.9 Å². The number of benzene rings is 1. The van der Waals surface area contributed by atoms with Gasteiger partial charge in [0.15, 0.2) is 0 Å². The van der Waals surface area contributed by atoms with Crippen molar-refractivity contribution in [3.05, 3.63) is 30.3 Å². The third kappa shape index (κ3) is 2.21. The van der Waals surface area contributed by atoms with E-state index in [2.05, 4.69) is 12.1 Å². The fourth-order valence-electron chi connectivity index (χ4n) is 4.60. The van der Waals surface area contributed by atoms with Crippen LogP contribution in [0.5, 0.6) is 0 Å². The Hall–Kier alpha value is -0.920. The maximum atomic E-state index is 12.9. The molecule has 0 bridgehead atoms. The van der Waals surface area contributed by atoms with E-state index in [0.717, 1.165) is 24.3 Å². The second kappa shape index (κ2) is 5.81. The summed E-state index contributed by atoms with van der Waals surface area (Å²) in [7, 11) is 0. The lowest BCUT2D eigenvalue weighted by atomic mass is 9.77. The van der Waals surface area contributed by atoms with Gasteiger partial charge < -0.3 is 9.47 Å². The molecule has 4 aliphatic rings. The molecule has 1 spiro atoms. The van der Waals surface area contributed by atoms with Crippen molar-refractivity contribution in [1.82, 2.24) is 5.06 Å². The molecule has 1 saturated carbocycles. The summed E-state index contributed by atoms with van der Waals surface area (Å²) in [5, 5.41) is 1.94. The van der Waals surface area contributed by atoms with Crippen molar-refractivity contribution < 1.29 is 19.1 Å². The average Bonchev–Trinajstić information content (AvgIpc) is 3.29. The minimum atomic E-state index is -0.802. The fourth-order valence-corrected chi connectivity index (χ4v) is 5.93. The Morgan fingerprint density at radius 1 is 1.17 bits per heavy atom. The summed E-state index contributed by atoms with van der Waals surface area (Å²) < 4.78 is 12.3. The van der Waals surface area contributed by atoms with Crippen LogP contribution in [-0.2, 0) is 19.1 Å². The highest BCUT2D eigenvalue weighted by Crippen LogP contribution is 2.52. The molecule has 4 atom stereocenters. The number of carbonyl (C=O) groups excluding carboxylic acids is 1. The van der Waals surface area contributed by atoms with Gasteiger partial charge in [0.25, 0.3) is 0 Å². The van der Waals surface area contributed by atoms with Gasteiger partial charge in [-0.2, -0.15) is 5.06 Å². The average molecular weight is 347 g/mol. The summed E-state index contributed by atoms with van der Waals surface area (Å²) in [6.45, 7) is 2.03. The Bertz CT molecular complexity index is 633. The molecule has 3 heterocycles. The number of rotatable bonds is 2. The third-order valence-corrected chi connectivity index (χ3v) is 6.93. The number of ketones is 1. The molecule has 5 rings (SSSR count). The Morgan fingerprint density at radius 2 is 1.96 bits per heavy atom. The minimum absolute atomic E-state index is 0.0730. The van der Waals surface area contributed by atoms with E-state index in [1.807, 2.05) is 23.3 Å². The summed E-state index contributed by atoms with van der Waals surface area (Å²) in [5.41, 5.74) is 0. The van der Waals surface area contributed by atoms with Crippen LogP contribution in [0.15, 0.2) is 35.2 Å². The fraction of sp³-hybridized carbons (Fsp3) is 0.611. The molecule has 0 amide bonds. The molecule has 1 aliphatic carbocycles. The predicted molar refractivity (Wildman–Crippen MR) is 88.4 cm³/mol. The highest BCUT2D eigenvalue weighted by molar-refractivity contribution is 8.00. The molecule has 0 unspecified atom stereocenters. The van der Waals surface area contributed by atoms with Gasteiger partial charge in [-0.3, -0.25) is 9.63 Å². The van der Waals surface area contributed by atoms with Crippen LogP contribution in [0.4, 0.5) is 0 Å². The molecular weight excluding hydrogens is 326 g/mol. The number of ether oxygens (including phenoxy) is 2. The van der Waals surface area contributed by atoms with Crippen molar-refractivity contribution in [2.45, 2.75) is 47.3 Å². The molecule has 1 aromatic carbocycles. The number of hydroxylamine groups is 2. The Balaban J connectivity index is 1.49. The zero-order chi connectivity index (χ0) is 16.1. The van der Waals surface area contributed by atoms with Gasteiger partial charge in [0.2, 0.25) is 5.79 Å². The number of hydrogen-bond donors (Lipinski definition) is 0. The molecule has 0 radical (unpaired) electrons. The molecule has 1 aromatic rings. The first-order valence-corrected chi connectivity index (χ1v) is 9.62. The molecule has 0 aromatic heterocycles. The largest absolute Gasteiger partial charge is 0.344 e. The number of nitrogens with zero attached hydrogens (tertiary/aromatic N) is 1. The maximum Gasteiger partial charge on any atom is 0.210 e. The van der Waals surface area contributed by atoms with Gasteiger partial charge in [-0.1, -0.05) is 18.2 Å². The van der Waals surface area contributed by atoms with Crippen molar-refractivity contribution in [3.63, 3.8) is 0 Å². The number of Topliss-reactive ketones (excluding diaryl/α,β-unsaturated/α-hetero) is 1.